The maximum absolute atomic E-state index is 12.3. The lowest BCUT2D eigenvalue weighted by Crippen LogP contribution is -2.49. The summed E-state index contributed by atoms with van der Waals surface area (Å²) in [5.41, 5.74) is 0. The van der Waals surface area contributed by atoms with Crippen LogP contribution in [0.3, 0.4) is 0 Å². The van der Waals surface area contributed by atoms with Crippen molar-refractivity contribution in [1.29, 1.82) is 0 Å². The number of benzene rings is 1. The van der Waals surface area contributed by atoms with Gasteiger partial charge in [0.1, 0.15) is 11.9 Å². The first-order valence-electron chi connectivity index (χ1n) is 8.60. The van der Waals surface area contributed by atoms with Gasteiger partial charge in [-0.05, 0) is 37.8 Å². The van der Waals surface area contributed by atoms with Gasteiger partial charge < -0.3 is 19.7 Å². The Bertz CT molecular complexity index is 549. The zero-order valence-corrected chi connectivity index (χ0v) is 13.8. The van der Waals surface area contributed by atoms with E-state index in [-0.39, 0.29) is 30.6 Å². The van der Waals surface area contributed by atoms with E-state index in [0.717, 1.165) is 25.7 Å². The van der Waals surface area contributed by atoms with Gasteiger partial charge in [0.2, 0.25) is 0 Å². The van der Waals surface area contributed by atoms with Crippen LogP contribution >= 0.6 is 0 Å². The molecule has 0 radical (unpaired) electrons. The average molecular weight is 332 g/mol. The molecular weight excluding hydrogens is 308 g/mol. The fourth-order valence-corrected chi connectivity index (χ4v) is 3.16. The first-order chi connectivity index (χ1) is 11.7. The van der Waals surface area contributed by atoms with Crippen LogP contribution in [0, 0.1) is 0 Å². The van der Waals surface area contributed by atoms with Crippen molar-refractivity contribution in [2.24, 2.45) is 0 Å². The van der Waals surface area contributed by atoms with Crippen LogP contribution in [0.15, 0.2) is 30.3 Å². The van der Waals surface area contributed by atoms with Crippen LogP contribution in [0.5, 0.6) is 5.75 Å². The van der Waals surface area contributed by atoms with Crippen LogP contribution in [0.2, 0.25) is 0 Å². The van der Waals surface area contributed by atoms with Crippen LogP contribution in [0.25, 0.3) is 0 Å². The van der Waals surface area contributed by atoms with Gasteiger partial charge in [-0.15, -0.1) is 0 Å². The Labute approximate surface area is 142 Å². The van der Waals surface area contributed by atoms with E-state index in [1.54, 1.807) is 0 Å². The van der Waals surface area contributed by atoms with Gasteiger partial charge in [-0.2, -0.15) is 0 Å². The molecule has 1 N–H and O–H groups in total. The normalized spacial score (nSPS) is 21.5. The quantitative estimate of drug-likeness (QED) is 0.884. The van der Waals surface area contributed by atoms with E-state index in [9.17, 15) is 9.59 Å². The Kier molecular flexibility index (Phi) is 5.69. The van der Waals surface area contributed by atoms with Crippen LogP contribution in [0.1, 0.15) is 25.7 Å². The molecule has 130 valence electrons. The van der Waals surface area contributed by atoms with E-state index >= 15 is 0 Å². The number of rotatable bonds is 5. The number of para-hydroxylation sites is 1. The molecule has 1 atom stereocenters. The number of ether oxygens (including phenoxy) is 2. The fraction of sp³-hybridized carbons (Fsp3) is 0.556. The second-order valence-electron chi connectivity index (χ2n) is 6.27. The molecule has 2 amide bonds. The van der Waals surface area contributed by atoms with Crippen molar-refractivity contribution >= 4 is 11.8 Å². The minimum Gasteiger partial charge on any atom is -0.484 e. The molecule has 2 aliphatic heterocycles. The molecule has 0 aromatic heterocycles. The van der Waals surface area contributed by atoms with Crippen LogP contribution in [-0.4, -0.2) is 55.2 Å². The minimum atomic E-state index is -0.254. The lowest BCUT2D eigenvalue weighted by Gasteiger charge is -2.33. The number of nitrogens with one attached hydrogen (secondary N) is 1. The predicted octanol–water partition coefficient (Wildman–Crippen LogP) is 1.35. The van der Waals surface area contributed by atoms with E-state index < -0.39 is 0 Å². The summed E-state index contributed by atoms with van der Waals surface area (Å²) in [5, 5.41) is 2.98. The Morgan fingerprint density at radius 2 is 1.92 bits per heavy atom. The first-order valence-corrected chi connectivity index (χ1v) is 8.60. The molecule has 2 saturated heterocycles. The van der Waals surface area contributed by atoms with E-state index in [0.29, 0.717) is 25.4 Å². The molecule has 6 heteroatoms. The number of carbonyl (C=O) groups excluding carboxylic acids is 2. The summed E-state index contributed by atoms with van der Waals surface area (Å²) in [4.78, 5) is 26.1. The largest absolute Gasteiger partial charge is 0.484 e. The van der Waals surface area contributed by atoms with Gasteiger partial charge in [0.25, 0.3) is 11.8 Å². The minimum absolute atomic E-state index is 0.0130. The summed E-state index contributed by atoms with van der Waals surface area (Å²) in [6, 6.07) is 9.39. The third-order valence-corrected chi connectivity index (χ3v) is 4.49. The summed E-state index contributed by atoms with van der Waals surface area (Å²) in [7, 11) is 0. The summed E-state index contributed by atoms with van der Waals surface area (Å²) < 4.78 is 10.9. The van der Waals surface area contributed by atoms with E-state index in [1.165, 1.54) is 0 Å². The number of likely N-dealkylation sites (tertiary alicyclic amines) is 1. The highest BCUT2D eigenvalue weighted by Gasteiger charge is 2.31. The van der Waals surface area contributed by atoms with Crippen molar-refractivity contribution in [3.63, 3.8) is 0 Å². The van der Waals surface area contributed by atoms with E-state index in [1.807, 2.05) is 35.2 Å². The molecule has 2 aliphatic rings. The molecule has 24 heavy (non-hydrogen) atoms. The van der Waals surface area contributed by atoms with Crippen LogP contribution in [-0.2, 0) is 14.3 Å². The van der Waals surface area contributed by atoms with Gasteiger partial charge in [-0.25, -0.2) is 0 Å². The lowest BCUT2D eigenvalue weighted by atomic mass is 10.0. The summed E-state index contributed by atoms with van der Waals surface area (Å²) in [5.74, 6) is 0.664. The fourth-order valence-electron chi connectivity index (χ4n) is 3.16. The van der Waals surface area contributed by atoms with Gasteiger partial charge in [0, 0.05) is 25.7 Å². The van der Waals surface area contributed by atoms with Crippen molar-refractivity contribution in [2.75, 3.05) is 26.3 Å². The Morgan fingerprint density at radius 3 is 2.58 bits per heavy atom. The maximum atomic E-state index is 12.3. The average Bonchev–Trinajstić information content (AvgIpc) is 3.16. The number of carbonyl (C=O) groups is 2. The van der Waals surface area contributed by atoms with E-state index in [4.69, 9.17) is 9.47 Å². The molecule has 0 saturated carbocycles. The predicted molar refractivity (Wildman–Crippen MR) is 88.7 cm³/mol. The summed E-state index contributed by atoms with van der Waals surface area (Å²) in [6.07, 6.45) is 3.08. The maximum Gasteiger partial charge on any atom is 0.258 e. The van der Waals surface area contributed by atoms with Crippen molar-refractivity contribution < 1.29 is 19.1 Å². The van der Waals surface area contributed by atoms with Gasteiger partial charge in [-0.3, -0.25) is 9.59 Å². The molecule has 1 aromatic carbocycles. The molecule has 6 nitrogen and oxygen atoms in total. The second-order valence-corrected chi connectivity index (χ2v) is 6.27. The third-order valence-electron chi connectivity index (χ3n) is 4.49. The lowest BCUT2D eigenvalue weighted by molar-refractivity contribution is -0.142. The monoisotopic (exact) mass is 332 g/mol. The first kappa shape index (κ1) is 16.8. The highest BCUT2D eigenvalue weighted by molar-refractivity contribution is 5.81. The molecule has 3 rings (SSSR count). The highest BCUT2D eigenvalue weighted by atomic mass is 16.5. The van der Waals surface area contributed by atoms with Crippen molar-refractivity contribution in [2.45, 2.75) is 37.8 Å². The van der Waals surface area contributed by atoms with Crippen LogP contribution in [0.4, 0.5) is 0 Å². The molecule has 0 bridgehead atoms. The van der Waals surface area contributed by atoms with Crippen molar-refractivity contribution in [3.05, 3.63) is 30.3 Å². The van der Waals surface area contributed by atoms with Gasteiger partial charge in [-0.1, -0.05) is 18.2 Å². The van der Waals surface area contributed by atoms with Crippen molar-refractivity contribution in [3.8, 4) is 5.75 Å². The molecular formula is C18H24N2O4. The molecule has 0 aliphatic carbocycles. The smallest absolute Gasteiger partial charge is 0.258 e. The van der Waals surface area contributed by atoms with Crippen LogP contribution < -0.4 is 10.1 Å². The highest BCUT2D eigenvalue weighted by Crippen LogP contribution is 2.18. The number of nitrogens with zero attached hydrogens (tertiary/aromatic N) is 1. The molecule has 2 fully saturated rings. The summed E-state index contributed by atoms with van der Waals surface area (Å²) in [6.45, 7) is 2.04. The van der Waals surface area contributed by atoms with E-state index in [2.05, 4.69) is 5.32 Å². The Balaban J connectivity index is 1.37. The Morgan fingerprint density at radius 1 is 1.17 bits per heavy atom. The zero-order chi connectivity index (χ0) is 16.8. The number of piperidine rings is 1. The molecule has 1 unspecified atom stereocenters. The number of hydrogen-bond donors (Lipinski definition) is 1. The molecule has 2 heterocycles. The van der Waals surface area contributed by atoms with Gasteiger partial charge in [0.05, 0.1) is 0 Å². The topological polar surface area (TPSA) is 67.9 Å². The van der Waals surface area contributed by atoms with Gasteiger partial charge >= 0.3 is 0 Å². The SMILES string of the molecule is O=C(COc1ccccc1)NC1CCN(C(=O)C2CCCO2)CC1. The molecule has 1 aromatic rings. The van der Waals surface area contributed by atoms with Gasteiger partial charge in [0.15, 0.2) is 6.61 Å². The second kappa shape index (κ2) is 8.15. The van der Waals surface area contributed by atoms with Crippen molar-refractivity contribution in [1.82, 2.24) is 10.2 Å². The zero-order valence-electron chi connectivity index (χ0n) is 13.8. The summed E-state index contributed by atoms with van der Waals surface area (Å²) >= 11 is 0. The standard InChI is InChI=1S/C18H24N2O4/c21-17(13-24-15-5-2-1-3-6-15)19-14-8-10-20(11-9-14)18(22)16-7-4-12-23-16/h1-3,5-6,14,16H,4,7-13H2,(H,19,21). The number of hydrogen-bond acceptors (Lipinski definition) is 4. The third kappa shape index (κ3) is 4.47. The number of amides is 2. The molecule has 0 spiro atoms. The Hall–Kier alpha value is -2.08.